The van der Waals surface area contributed by atoms with Crippen molar-refractivity contribution in [1.82, 2.24) is 29.1 Å². The molecular formula is C25H31N10O6S2+. The Bertz CT molecular complexity index is 1600. The van der Waals surface area contributed by atoms with Gasteiger partial charge in [-0.3, -0.25) is 14.5 Å². The van der Waals surface area contributed by atoms with Gasteiger partial charge in [0.2, 0.25) is 17.9 Å². The molecule has 0 spiro atoms. The number of rotatable bonds is 12. The number of carbonyl (C=O) groups is 3. The van der Waals surface area contributed by atoms with Crippen molar-refractivity contribution >= 4 is 63.1 Å². The quantitative estimate of drug-likeness (QED) is 0.0605. The number of aliphatic hydroxyl groups is 1. The molecule has 0 radical (unpaired) electrons. The van der Waals surface area contributed by atoms with E-state index >= 15 is 0 Å². The topological polar surface area (TPSA) is 217 Å². The molecule has 0 aromatic carbocycles. The minimum Gasteiger partial charge on any atom is -0.464 e. The van der Waals surface area contributed by atoms with E-state index in [0.717, 1.165) is 17.0 Å². The lowest BCUT2D eigenvalue weighted by molar-refractivity contribution is -0.664. The zero-order chi connectivity index (χ0) is 30.7. The fourth-order valence-corrected chi connectivity index (χ4v) is 6.51. The first kappa shape index (κ1) is 30.3. The Hall–Kier alpha value is -4.13. The molecule has 228 valence electrons. The number of β-lactam (4-membered cyclic amide) rings is 1. The predicted octanol–water partition coefficient (Wildman–Crippen LogP) is -1.26. The highest BCUT2D eigenvalue weighted by molar-refractivity contribution is 8.00. The lowest BCUT2D eigenvalue weighted by atomic mass is 10.0. The van der Waals surface area contributed by atoms with Crippen molar-refractivity contribution in [1.29, 1.82) is 0 Å². The van der Waals surface area contributed by atoms with Gasteiger partial charge in [0, 0.05) is 35.9 Å². The average Bonchev–Trinajstić information content (AvgIpc) is 3.64. The number of hydrogen-bond acceptors (Lipinski definition) is 14. The number of carbonyl (C=O) groups excluding carboxylic acids is 3. The zero-order valence-electron chi connectivity index (χ0n) is 23.4. The molecular weight excluding hydrogens is 600 g/mol. The standard InChI is InChI=1S/C25H30N10O6S2/c1-3-41-31-16(19-30-25(27)43-32-19)21(37)29-17-22(38)35-18(24(39)40-2)13(11-42-23(17)35)10-33-7-4-5-15-20(33)28-12-34(15)8-6-14(36)9-26/h4-5,7,12,14,17,23,36H,3,6,8-11,26H2,1-2H3,(H2-,27,29,30,32,37)/p+1/b31-16-. The van der Waals surface area contributed by atoms with Gasteiger partial charge < -0.3 is 36.0 Å². The third-order valence-corrected chi connectivity index (χ3v) is 8.73. The molecule has 6 N–H and O–H groups in total. The Morgan fingerprint density at radius 2 is 2.21 bits per heavy atom. The molecule has 1 fully saturated rings. The second-order valence-corrected chi connectivity index (χ2v) is 11.5. The number of ether oxygens (including phenoxy) is 1. The molecule has 5 heterocycles. The number of imidazole rings is 1. The Morgan fingerprint density at radius 1 is 1.40 bits per heavy atom. The number of aromatic nitrogens is 5. The van der Waals surface area contributed by atoms with Crippen LogP contribution in [0.1, 0.15) is 19.2 Å². The number of hydrogen-bond donors (Lipinski definition) is 4. The Labute approximate surface area is 253 Å². The van der Waals surface area contributed by atoms with Crippen LogP contribution in [0.5, 0.6) is 0 Å². The minimum atomic E-state index is -0.933. The first-order valence-corrected chi connectivity index (χ1v) is 15.2. The maximum absolute atomic E-state index is 13.4. The number of aryl methyl sites for hydroxylation is 1. The van der Waals surface area contributed by atoms with Gasteiger partial charge in [-0.15, -0.1) is 11.8 Å². The summed E-state index contributed by atoms with van der Waals surface area (Å²) in [5, 5.41) is 16.0. The number of nitrogens with one attached hydrogen (secondary N) is 1. The van der Waals surface area contributed by atoms with Gasteiger partial charge in [0.05, 0.1) is 19.4 Å². The minimum absolute atomic E-state index is 0.0185. The van der Waals surface area contributed by atoms with Crippen LogP contribution in [-0.4, -0.2) is 95.9 Å². The van der Waals surface area contributed by atoms with Gasteiger partial charge in [-0.2, -0.15) is 9.36 Å². The highest BCUT2D eigenvalue weighted by atomic mass is 32.2. The normalized spacial score (nSPS) is 19.2. The van der Waals surface area contributed by atoms with E-state index < -0.39 is 35.3 Å². The summed E-state index contributed by atoms with van der Waals surface area (Å²) in [6.45, 7) is 2.88. The van der Waals surface area contributed by atoms with Crippen molar-refractivity contribution in [3.05, 3.63) is 41.8 Å². The fraction of sp³-hybridized carbons (Fsp3) is 0.440. The molecule has 3 aromatic rings. The van der Waals surface area contributed by atoms with Crippen LogP contribution >= 0.6 is 23.3 Å². The summed E-state index contributed by atoms with van der Waals surface area (Å²) in [6, 6.07) is 2.85. The van der Waals surface area contributed by atoms with E-state index in [9.17, 15) is 19.5 Å². The molecule has 18 heteroatoms. The van der Waals surface area contributed by atoms with Crippen LogP contribution in [0.25, 0.3) is 11.2 Å². The number of amides is 2. The number of esters is 1. The van der Waals surface area contributed by atoms with Gasteiger partial charge in [-0.25, -0.2) is 9.36 Å². The second kappa shape index (κ2) is 13.0. The zero-order valence-corrected chi connectivity index (χ0v) is 25.0. The molecule has 3 aromatic heterocycles. The molecule has 2 aliphatic rings. The van der Waals surface area contributed by atoms with Crippen LogP contribution in [0, 0.1) is 0 Å². The lowest BCUT2D eigenvalue weighted by Crippen LogP contribution is -2.71. The maximum Gasteiger partial charge on any atom is 0.354 e. The molecule has 2 amide bonds. The Kier molecular flexibility index (Phi) is 9.19. The van der Waals surface area contributed by atoms with E-state index in [1.54, 1.807) is 13.3 Å². The van der Waals surface area contributed by atoms with Crippen LogP contribution in [0.2, 0.25) is 0 Å². The monoisotopic (exact) mass is 631 g/mol. The van der Waals surface area contributed by atoms with Crippen LogP contribution in [0.4, 0.5) is 5.13 Å². The van der Waals surface area contributed by atoms with Crippen molar-refractivity contribution in [2.24, 2.45) is 10.9 Å². The number of methoxy groups -OCH3 is 1. The van der Waals surface area contributed by atoms with Gasteiger partial charge in [0.15, 0.2) is 5.13 Å². The summed E-state index contributed by atoms with van der Waals surface area (Å²) >= 11 is 2.30. The first-order valence-electron chi connectivity index (χ1n) is 13.3. The van der Waals surface area contributed by atoms with Crippen LogP contribution in [-0.2, 0) is 37.0 Å². The van der Waals surface area contributed by atoms with E-state index in [4.69, 9.17) is 21.0 Å². The Balaban J connectivity index is 1.37. The second-order valence-electron chi connectivity index (χ2n) is 9.58. The smallest absolute Gasteiger partial charge is 0.354 e. The van der Waals surface area contributed by atoms with E-state index in [2.05, 4.69) is 24.8 Å². The summed E-state index contributed by atoms with van der Waals surface area (Å²) in [5.41, 5.74) is 13.3. The summed E-state index contributed by atoms with van der Waals surface area (Å²) < 4.78 is 12.9. The third-order valence-electron chi connectivity index (χ3n) is 6.85. The SMILES string of the molecule is CCO/N=C(\C(=O)NC1C(=O)N2C(C(=O)OC)=C(C[n+]3cccc4c3ncn4CCC(O)CN)CSC12)c1nsc(N)n1. The number of nitrogens with two attached hydrogens (primary N) is 2. The molecule has 16 nitrogen and oxygen atoms in total. The van der Waals surface area contributed by atoms with Gasteiger partial charge in [-0.1, -0.05) is 5.16 Å². The van der Waals surface area contributed by atoms with E-state index in [1.807, 2.05) is 27.5 Å². The summed E-state index contributed by atoms with van der Waals surface area (Å²) in [7, 11) is 1.25. The summed E-state index contributed by atoms with van der Waals surface area (Å²) in [5.74, 6) is -1.47. The number of anilines is 1. The molecule has 0 saturated carbocycles. The molecule has 0 bridgehead atoms. The number of nitrogens with zero attached hydrogens (tertiary/aromatic N) is 7. The predicted molar refractivity (Wildman–Crippen MR) is 156 cm³/mol. The third kappa shape index (κ3) is 6.03. The van der Waals surface area contributed by atoms with Gasteiger partial charge in [0.1, 0.15) is 35.8 Å². The van der Waals surface area contributed by atoms with E-state index in [-0.39, 0.29) is 42.1 Å². The van der Waals surface area contributed by atoms with Crippen molar-refractivity contribution in [2.75, 3.05) is 31.7 Å². The van der Waals surface area contributed by atoms with Gasteiger partial charge in [0.25, 0.3) is 11.8 Å². The molecule has 5 rings (SSSR count). The highest BCUT2D eigenvalue weighted by Crippen LogP contribution is 2.40. The molecule has 1 saturated heterocycles. The average molecular weight is 632 g/mol. The molecule has 43 heavy (non-hydrogen) atoms. The van der Waals surface area contributed by atoms with E-state index in [0.29, 0.717) is 29.9 Å². The molecule has 3 unspecified atom stereocenters. The number of nitrogen functional groups attached to an aromatic ring is 1. The van der Waals surface area contributed by atoms with E-state index in [1.165, 1.54) is 23.8 Å². The van der Waals surface area contributed by atoms with Crippen molar-refractivity contribution in [2.45, 2.75) is 44.0 Å². The molecule has 3 atom stereocenters. The number of fused-ring (bicyclic) bond motifs is 2. The molecule has 2 aliphatic heterocycles. The number of aliphatic hydroxyl groups excluding tert-OH is 1. The summed E-state index contributed by atoms with van der Waals surface area (Å²) in [4.78, 5) is 54.5. The lowest BCUT2D eigenvalue weighted by Gasteiger charge is -2.49. The van der Waals surface area contributed by atoms with Crippen LogP contribution in [0.15, 0.2) is 41.1 Å². The number of pyridine rings is 1. The fourth-order valence-electron chi connectivity index (χ4n) is 4.74. The number of oxime groups is 1. The largest absolute Gasteiger partial charge is 0.464 e. The Morgan fingerprint density at radius 3 is 2.91 bits per heavy atom. The van der Waals surface area contributed by atoms with Crippen molar-refractivity contribution in [3.8, 4) is 0 Å². The highest BCUT2D eigenvalue weighted by Gasteiger charge is 2.55. The van der Waals surface area contributed by atoms with Crippen LogP contribution < -0.4 is 21.4 Å². The van der Waals surface area contributed by atoms with Gasteiger partial charge >= 0.3 is 11.6 Å². The first-order chi connectivity index (χ1) is 20.8. The molecule has 0 aliphatic carbocycles. The van der Waals surface area contributed by atoms with Crippen molar-refractivity contribution < 1.29 is 33.6 Å². The summed E-state index contributed by atoms with van der Waals surface area (Å²) in [6.07, 6.45) is 3.40. The van der Waals surface area contributed by atoms with Crippen molar-refractivity contribution in [3.63, 3.8) is 0 Å². The van der Waals surface area contributed by atoms with Gasteiger partial charge in [-0.05, 0) is 30.5 Å². The maximum atomic E-state index is 13.4. The van der Waals surface area contributed by atoms with Crippen LogP contribution in [0.3, 0.4) is 0 Å². The number of thioether (sulfide) groups is 1.